The summed E-state index contributed by atoms with van der Waals surface area (Å²) in [5.41, 5.74) is 0. The van der Waals surface area contributed by atoms with Crippen molar-refractivity contribution in [2.24, 2.45) is 0 Å². The average Bonchev–Trinajstić information content (AvgIpc) is 2.31. The van der Waals surface area contributed by atoms with Crippen molar-refractivity contribution in [1.29, 1.82) is 0 Å². The van der Waals surface area contributed by atoms with E-state index in [1.165, 1.54) is 0 Å². The Balaban J connectivity index is 2.20. The Morgan fingerprint density at radius 3 is 2.73 bits per heavy atom. The van der Waals surface area contributed by atoms with Crippen LogP contribution in [0.1, 0.15) is 19.3 Å². The molecule has 1 saturated heterocycles. The SMILES string of the molecule is O=C1CCCN1CCC(O)O. The van der Waals surface area contributed by atoms with Crippen molar-refractivity contribution < 1.29 is 15.0 Å². The zero-order valence-corrected chi connectivity index (χ0v) is 6.36. The van der Waals surface area contributed by atoms with Crippen LogP contribution in [0.2, 0.25) is 0 Å². The second-order valence-corrected chi connectivity index (χ2v) is 2.75. The third-order valence-corrected chi connectivity index (χ3v) is 1.83. The first-order chi connectivity index (χ1) is 5.20. The number of carbonyl (C=O) groups excluding carboxylic acids is 1. The number of amides is 1. The molecule has 0 radical (unpaired) electrons. The molecule has 4 heteroatoms. The number of carbonyl (C=O) groups is 1. The van der Waals surface area contributed by atoms with Gasteiger partial charge in [-0.05, 0) is 6.42 Å². The van der Waals surface area contributed by atoms with Gasteiger partial charge in [-0.2, -0.15) is 0 Å². The van der Waals surface area contributed by atoms with Crippen LogP contribution in [0.5, 0.6) is 0 Å². The fourth-order valence-corrected chi connectivity index (χ4v) is 1.21. The van der Waals surface area contributed by atoms with Crippen LogP contribution in [0.15, 0.2) is 0 Å². The van der Waals surface area contributed by atoms with Crippen molar-refractivity contribution in [3.8, 4) is 0 Å². The van der Waals surface area contributed by atoms with E-state index in [4.69, 9.17) is 10.2 Å². The highest BCUT2D eigenvalue weighted by Crippen LogP contribution is 2.09. The molecule has 64 valence electrons. The second-order valence-electron chi connectivity index (χ2n) is 2.75. The maximum atomic E-state index is 10.9. The molecular weight excluding hydrogens is 146 g/mol. The molecule has 0 aliphatic carbocycles. The van der Waals surface area contributed by atoms with Gasteiger partial charge in [0.25, 0.3) is 0 Å². The Morgan fingerprint density at radius 2 is 2.27 bits per heavy atom. The molecular formula is C7H13NO3. The molecule has 0 unspecified atom stereocenters. The van der Waals surface area contributed by atoms with Gasteiger partial charge in [0, 0.05) is 25.9 Å². The summed E-state index contributed by atoms with van der Waals surface area (Å²) in [6.45, 7) is 1.24. The standard InChI is InChI=1S/C7H13NO3/c9-6-2-1-4-8(6)5-3-7(10)11/h7,10-11H,1-5H2. The van der Waals surface area contributed by atoms with Crippen LogP contribution < -0.4 is 0 Å². The van der Waals surface area contributed by atoms with Gasteiger partial charge in [-0.15, -0.1) is 0 Å². The van der Waals surface area contributed by atoms with Gasteiger partial charge in [0.15, 0.2) is 6.29 Å². The van der Waals surface area contributed by atoms with Gasteiger partial charge < -0.3 is 15.1 Å². The van der Waals surface area contributed by atoms with E-state index in [-0.39, 0.29) is 12.3 Å². The molecule has 0 atom stereocenters. The lowest BCUT2D eigenvalue weighted by atomic mass is 10.4. The molecule has 0 bridgehead atoms. The summed E-state index contributed by atoms with van der Waals surface area (Å²) in [6, 6.07) is 0. The van der Waals surface area contributed by atoms with Crippen molar-refractivity contribution >= 4 is 5.91 Å². The fourth-order valence-electron chi connectivity index (χ4n) is 1.21. The Morgan fingerprint density at radius 1 is 1.55 bits per heavy atom. The van der Waals surface area contributed by atoms with Crippen LogP contribution in [-0.2, 0) is 4.79 Å². The number of rotatable bonds is 3. The van der Waals surface area contributed by atoms with E-state index in [2.05, 4.69) is 0 Å². The summed E-state index contributed by atoms with van der Waals surface area (Å²) >= 11 is 0. The van der Waals surface area contributed by atoms with E-state index in [9.17, 15) is 4.79 Å². The maximum Gasteiger partial charge on any atom is 0.222 e. The van der Waals surface area contributed by atoms with Gasteiger partial charge in [0.05, 0.1) is 0 Å². The molecule has 0 aromatic carbocycles. The van der Waals surface area contributed by atoms with E-state index in [1.807, 2.05) is 0 Å². The monoisotopic (exact) mass is 159 g/mol. The number of aliphatic hydroxyl groups is 2. The first-order valence-electron chi connectivity index (χ1n) is 3.84. The Hall–Kier alpha value is -0.610. The molecule has 1 amide bonds. The smallest absolute Gasteiger partial charge is 0.222 e. The third kappa shape index (κ3) is 2.48. The molecule has 2 N–H and O–H groups in total. The van der Waals surface area contributed by atoms with Crippen LogP contribution >= 0.6 is 0 Å². The quantitative estimate of drug-likeness (QED) is 0.536. The number of likely N-dealkylation sites (tertiary alicyclic amines) is 1. The van der Waals surface area contributed by atoms with Crippen LogP contribution in [0.3, 0.4) is 0 Å². The summed E-state index contributed by atoms with van der Waals surface area (Å²) in [6.07, 6.45) is 0.483. The molecule has 1 aliphatic rings. The summed E-state index contributed by atoms with van der Waals surface area (Å²) < 4.78 is 0. The summed E-state index contributed by atoms with van der Waals surface area (Å²) in [5, 5.41) is 17.0. The van der Waals surface area contributed by atoms with Crippen LogP contribution in [0, 0.1) is 0 Å². The topological polar surface area (TPSA) is 60.8 Å². The number of hydrogen-bond donors (Lipinski definition) is 2. The van der Waals surface area contributed by atoms with Crippen molar-refractivity contribution in [3.05, 3.63) is 0 Å². The predicted octanol–water partition coefficient (Wildman–Crippen LogP) is -0.690. The molecule has 1 rings (SSSR count). The van der Waals surface area contributed by atoms with Crippen molar-refractivity contribution in [3.63, 3.8) is 0 Å². The lowest BCUT2D eigenvalue weighted by molar-refractivity contribution is -0.128. The van der Waals surface area contributed by atoms with Crippen molar-refractivity contribution in [2.75, 3.05) is 13.1 Å². The zero-order chi connectivity index (χ0) is 8.27. The summed E-state index contributed by atoms with van der Waals surface area (Å²) in [7, 11) is 0. The van der Waals surface area contributed by atoms with E-state index < -0.39 is 6.29 Å². The lowest BCUT2D eigenvalue weighted by Gasteiger charge is -2.15. The molecule has 4 nitrogen and oxygen atoms in total. The molecule has 0 spiro atoms. The number of hydrogen-bond acceptors (Lipinski definition) is 3. The van der Waals surface area contributed by atoms with E-state index in [1.54, 1.807) is 4.90 Å². The minimum absolute atomic E-state index is 0.130. The Kier molecular flexibility index (Phi) is 2.84. The summed E-state index contributed by atoms with van der Waals surface area (Å²) in [4.78, 5) is 12.6. The normalized spacial score (nSPS) is 18.5. The molecule has 11 heavy (non-hydrogen) atoms. The highest BCUT2D eigenvalue weighted by Gasteiger charge is 2.19. The van der Waals surface area contributed by atoms with E-state index >= 15 is 0 Å². The van der Waals surface area contributed by atoms with Gasteiger partial charge in [0.1, 0.15) is 0 Å². The molecule has 1 heterocycles. The third-order valence-electron chi connectivity index (χ3n) is 1.83. The second kappa shape index (κ2) is 3.69. The zero-order valence-electron chi connectivity index (χ0n) is 6.36. The number of nitrogens with zero attached hydrogens (tertiary/aromatic N) is 1. The lowest BCUT2D eigenvalue weighted by Crippen LogP contribution is -2.28. The highest BCUT2D eigenvalue weighted by molar-refractivity contribution is 5.77. The minimum atomic E-state index is -1.29. The molecule has 1 aliphatic heterocycles. The van der Waals surface area contributed by atoms with Crippen LogP contribution in [-0.4, -0.2) is 40.4 Å². The summed E-state index contributed by atoms with van der Waals surface area (Å²) in [5.74, 6) is 0.130. The Labute approximate surface area is 65.4 Å². The maximum absolute atomic E-state index is 10.9. The highest BCUT2D eigenvalue weighted by atomic mass is 16.5. The average molecular weight is 159 g/mol. The van der Waals surface area contributed by atoms with E-state index in [0.717, 1.165) is 13.0 Å². The molecule has 0 aromatic heterocycles. The minimum Gasteiger partial charge on any atom is -0.368 e. The van der Waals surface area contributed by atoms with Gasteiger partial charge in [-0.25, -0.2) is 0 Å². The first kappa shape index (κ1) is 8.49. The molecule has 1 fully saturated rings. The number of aliphatic hydroxyl groups excluding tert-OH is 1. The van der Waals surface area contributed by atoms with Gasteiger partial charge in [0.2, 0.25) is 5.91 Å². The van der Waals surface area contributed by atoms with E-state index in [0.29, 0.717) is 13.0 Å². The first-order valence-corrected chi connectivity index (χ1v) is 3.84. The molecule has 0 aromatic rings. The molecule has 0 saturated carbocycles. The largest absolute Gasteiger partial charge is 0.368 e. The van der Waals surface area contributed by atoms with Crippen molar-refractivity contribution in [2.45, 2.75) is 25.6 Å². The van der Waals surface area contributed by atoms with Crippen LogP contribution in [0.25, 0.3) is 0 Å². The van der Waals surface area contributed by atoms with Gasteiger partial charge >= 0.3 is 0 Å². The van der Waals surface area contributed by atoms with Gasteiger partial charge in [-0.3, -0.25) is 4.79 Å². The fraction of sp³-hybridized carbons (Fsp3) is 0.857. The predicted molar refractivity (Wildman–Crippen MR) is 38.7 cm³/mol. The van der Waals surface area contributed by atoms with Gasteiger partial charge in [-0.1, -0.05) is 0 Å². The van der Waals surface area contributed by atoms with Crippen LogP contribution in [0.4, 0.5) is 0 Å². The Bertz CT molecular complexity index is 147. The van der Waals surface area contributed by atoms with Crippen molar-refractivity contribution in [1.82, 2.24) is 4.90 Å².